The minimum atomic E-state index is -2.22. The molecule has 0 fully saturated rings. The van der Waals surface area contributed by atoms with Crippen molar-refractivity contribution in [2.75, 3.05) is 19.5 Å². The van der Waals surface area contributed by atoms with Crippen molar-refractivity contribution in [3.63, 3.8) is 0 Å². The molecule has 8 nitrogen and oxygen atoms in total. The molecule has 0 bridgehead atoms. The molecule has 0 aliphatic rings. The SMILES string of the molecule is COC(=O)C(CSCc1c(O[Si](C)(C)C(C)(C)C)ccc(C)c1C(=O)O)NC(=O)CCO. The number of carboxylic acid groups (broad SMARTS) is 1. The van der Waals surface area contributed by atoms with Gasteiger partial charge in [-0.3, -0.25) is 4.79 Å². The number of hydrogen-bond acceptors (Lipinski definition) is 7. The van der Waals surface area contributed by atoms with Crippen molar-refractivity contribution in [1.82, 2.24) is 5.32 Å². The Morgan fingerprint density at radius 1 is 1.22 bits per heavy atom. The molecule has 1 amide bonds. The number of benzene rings is 1. The molecule has 1 unspecified atom stereocenters. The van der Waals surface area contributed by atoms with Crippen LogP contribution in [0, 0.1) is 6.92 Å². The molecule has 3 N–H and O–H groups in total. The first-order valence-electron chi connectivity index (χ1n) is 10.4. The molecular formula is C22H35NO7SSi. The van der Waals surface area contributed by atoms with Gasteiger partial charge in [0.15, 0.2) is 0 Å². The fourth-order valence-corrected chi connectivity index (χ4v) is 4.78. The Hall–Kier alpha value is -2.04. The number of methoxy groups -OCH3 is 1. The molecule has 0 heterocycles. The smallest absolute Gasteiger partial charge is 0.336 e. The van der Waals surface area contributed by atoms with Gasteiger partial charge in [-0.1, -0.05) is 26.8 Å². The van der Waals surface area contributed by atoms with E-state index in [9.17, 15) is 19.5 Å². The molecule has 32 heavy (non-hydrogen) atoms. The summed E-state index contributed by atoms with van der Waals surface area (Å²) in [6, 6.07) is 2.64. The Kier molecular flexibility index (Phi) is 10.2. The third-order valence-corrected chi connectivity index (χ3v) is 11.0. The molecule has 0 aliphatic heterocycles. The summed E-state index contributed by atoms with van der Waals surface area (Å²) in [5, 5.41) is 21.2. The lowest BCUT2D eigenvalue weighted by atomic mass is 10.0. The van der Waals surface area contributed by atoms with E-state index < -0.39 is 32.2 Å². The number of amides is 1. The first kappa shape index (κ1) is 28.0. The van der Waals surface area contributed by atoms with Gasteiger partial charge in [0.2, 0.25) is 14.2 Å². The fourth-order valence-electron chi connectivity index (χ4n) is 2.67. The number of aliphatic hydroxyl groups is 1. The Morgan fingerprint density at radius 2 is 1.84 bits per heavy atom. The molecule has 0 saturated heterocycles. The van der Waals surface area contributed by atoms with E-state index in [1.165, 1.54) is 18.9 Å². The number of carbonyl (C=O) groups is 3. The van der Waals surface area contributed by atoms with Crippen LogP contribution in [-0.2, 0) is 20.1 Å². The minimum Gasteiger partial charge on any atom is -0.543 e. The van der Waals surface area contributed by atoms with Crippen LogP contribution in [0.15, 0.2) is 12.1 Å². The molecule has 180 valence electrons. The third-order valence-electron chi connectivity index (χ3n) is 5.55. The number of nitrogens with one attached hydrogen (secondary N) is 1. The van der Waals surface area contributed by atoms with Gasteiger partial charge in [0, 0.05) is 23.5 Å². The highest BCUT2D eigenvalue weighted by atomic mass is 32.2. The Morgan fingerprint density at radius 3 is 2.34 bits per heavy atom. The molecule has 0 radical (unpaired) electrons. The molecule has 0 saturated carbocycles. The predicted octanol–water partition coefficient (Wildman–Crippen LogP) is 3.35. The second-order valence-corrected chi connectivity index (χ2v) is 14.8. The van der Waals surface area contributed by atoms with Crippen molar-refractivity contribution in [3.8, 4) is 5.75 Å². The van der Waals surface area contributed by atoms with Gasteiger partial charge in [-0.15, -0.1) is 0 Å². The summed E-state index contributed by atoms with van der Waals surface area (Å²) >= 11 is 1.30. The second kappa shape index (κ2) is 11.7. The first-order valence-corrected chi connectivity index (χ1v) is 14.4. The fraction of sp³-hybridized carbons (Fsp3) is 0.591. The molecule has 1 aromatic carbocycles. The van der Waals surface area contributed by atoms with Crippen LogP contribution in [0.5, 0.6) is 5.75 Å². The zero-order valence-corrected chi connectivity index (χ0v) is 21.7. The molecule has 1 rings (SSSR count). The number of aryl methyl sites for hydroxylation is 1. The largest absolute Gasteiger partial charge is 0.543 e. The first-order chi connectivity index (χ1) is 14.7. The Labute approximate surface area is 195 Å². The number of hydrogen-bond donors (Lipinski definition) is 3. The van der Waals surface area contributed by atoms with Crippen molar-refractivity contribution < 1.29 is 33.8 Å². The lowest BCUT2D eigenvalue weighted by Gasteiger charge is -2.37. The van der Waals surface area contributed by atoms with Crippen LogP contribution in [0.2, 0.25) is 18.1 Å². The van der Waals surface area contributed by atoms with E-state index in [4.69, 9.17) is 14.3 Å². The van der Waals surface area contributed by atoms with Crippen LogP contribution < -0.4 is 9.74 Å². The number of rotatable bonds is 11. The van der Waals surface area contributed by atoms with Crippen LogP contribution in [0.1, 0.15) is 48.7 Å². The van der Waals surface area contributed by atoms with Crippen molar-refractivity contribution in [2.24, 2.45) is 0 Å². The van der Waals surface area contributed by atoms with Crippen LogP contribution in [0.3, 0.4) is 0 Å². The molecule has 1 atom stereocenters. The molecule has 0 aromatic heterocycles. The highest BCUT2D eigenvalue weighted by Gasteiger charge is 2.39. The van der Waals surface area contributed by atoms with Crippen LogP contribution in [0.4, 0.5) is 0 Å². The van der Waals surface area contributed by atoms with Gasteiger partial charge >= 0.3 is 11.9 Å². The summed E-state index contributed by atoms with van der Waals surface area (Å²) in [4.78, 5) is 35.9. The quantitative estimate of drug-likeness (QED) is 0.322. The second-order valence-electron chi connectivity index (χ2n) is 9.03. The molecule has 10 heteroatoms. The molecule has 0 aliphatic carbocycles. The Bertz CT molecular complexity index is 836. The van der Waals surface area contributed by atoms with Crippen molar-refractivity contribution in [3.05, 3.63) is 28.8 Å². The van der Waals surface area contributed by atoms with Crippen LogP contribution in [0.25, 0.3) is 0 Å². The normalized spacial score (nSPS) is 12.8. The summed E-state index contributed by atoms with van der Waals surface area (Å²) in [7, 11) is -0.996. The summed E-state index contributed by atoms with van der Waals surface area (Å²) < 4.78 is 11.2. The highest BCUT2D eigenvalue weighted by Crippen LogP contribution is 2.40. The van der Waals surface area contributed by atoms with E-state index in [-0.39, 0.29) is 35.1 Å². The number of esters is 1. The van der Waals surface area contributed by atoms with E-state index in [2.05, 4.69) is 39.2 Å². The van der Waals surface area contributed by atoms with Crippen LogP contribution in [-0.4, -0.2) is 61.9 Å². The topological polar surface area (TPSA) is 122 Å². The Balaban J connectivity index is 3.18. The lowest BCUT2D eigenvalue weighted by molar-refractivity contribution is -0.144. The van der Waals surface area contributed by atoms with Gasteiger partial charge in [0.05, 0.1) is 19.3 Å². The van der Waals surface area contributed by atoms with E-state index in [0.29, 0.717) is 16.9 Å². The maximum absolute atomic E-state index is 12.1. The average Bonchev–Trinajstić information content (AvgIpc) is 2.67. The zero-order valence-electron chi connectivity index (χ0n) is 19.9. The van der Waals surface area contributed by atoms with E-state index >= 15 is 0 Å². The number of thioether (sulfide) groups is 1. The summed E-state index contributed by atoms with van der Waals surface area (Å²) in [6.07, 6.45) is -0.121. The van der Waals surface area contributed by atoms with E-state index in [1.54, 1.807) is 19.1 Å². The van der Waals surface area contributed by atoms with E-state index in [0.717, 1.165) is 0 Å². The number of carbonyl (C=O) groups excluding carboxylic acids is 2. The number of ether oxygens (including phenoxy) is 1. The van der Waals surface area contributed by atoms with Crippen molar-refractivity contribution in [2.45, 2.75) is 64.0 Å². The summed E-state index contributed by atoms with van der Waals surface area (Å²) in [5.74, 6) is -1.13. The standard InChI is InChI=1S/C22H35NO7SSi/c1-14-8-9-17(30-32(6,7)22(2,3)4)15(19(14)20(26)27)12-31-13-16(21(28)29-5)23-18(25)10-11-24/h8-9,16,24H,10-13H2,1-7H3,(H,23,25)(H,26,27). The van der Waals surface area contributed by atoms with Crippen molar-refractivity contribution >= 4 is 37.9 Å². The number of carboxylic acids is 1. The maximum atomic E-state index is 12.1. The van der Waals surface area contributed by atoms with Gasteiger partial charge in [-0.05, 0) is 36.7 Å². The monoisotopic (exact) mass is 485 g/mol. The third kappa shape index (κ3) is 7.53. The van der Waals surface area contributed by atoms with Gasteiger partial charge in [0.1, 0.15) is 11.8 Å². The van der Waals surface area contributed by atoms with Crippen molar-refractivity contribution in [1.29, 1.82) is 0 Å². The predicted molar refractivity (Wildman–Crippen MR) is 128 cm³/mol. The molecule has 1 aromatic rings. The maximum Gasteiger partial charge on any atom is 0.336 e. The van der Waals surface area contributed by atoms with Gasteiger partial charge < -0.3 is 24.7 Å². The summed E-state index contributed by atoms with van der Waals surface area (Å²) in [6.45, 7) is 11.9. The zero-order chi connectivity index (χ0) is 24.7. The lowest BCUT2D eigenvalue weighted by Crippen LogP contribution is -2.44. The molecular weight excluding hydrogens is 450 g/mol. The van der Waals surface area contributed by atoms with Gasteiger partial charge in [0.25, 0.3) is 0 Å². The minimum absolute atomic E-state index is 0.0708. The number of aromatic carboxylic acids is 1. The van der Waals surface area contributed by atoms with Crippen LogP contribution >= 0.6 is 11.8 Å². The summed E-state index contributed by atoms with van der Waals surface area (Å²) in [5.41, 5.74) is 1.36. The number of aliphatic hydroxyl groups excluding tert-OH is 1. The average molecular weight is 486 g/mol. The van der Waals surface area contributed by atoms with Gasteiger partial charge in [-0.2, -0.15) is 11.8 Å². The van der Waals surface area contributed by atoms with Gasteiger partial charge in [-0.25, -0.2) is 9.59 Å². The highest BCUT2D eigenvalue weighted by molar-refractivity contribution is 7.98. The molecule has 0 spiro atoms. The van der Waals surface area contributed by atoms with E-state index in [1.807, 2.05) is 0 Å².